The van der Waals surface area contributed by atoms with Gasteiger partial charge in [0.1, 0.15) is 11.9 Å². The molecule has 1 unspecified atom stereocenters. The molecule has 2 aromatic rings. The molecule has 3 N–H and O–H groups in total. The molecule has 0 aliphatic rings. The first-order chi connectivity index (χ1) is 9.11. The van der Waals surface area contributed by atoms with E-state index in [1.807, 2.05) is 12.1 Å². The standard InChI is InChI=1S/C13H16N4O2/c1-9(19-2)13(18)16-12-7-8-15-17(12)11-5-3-10(14)4-6-11/h3-9H,14H2,1-2H3,(H,16,18). The highest BCUT2D eigenvalue weighted by atomic mass is 16.5. The lowest BCUT2D eigenvalue weighted by atomic mass is 10.3. The molecule has 0 aliphatic heterocycles. The fourth-order valence-electron chi connectivity index (χ4n) is 1.55. The topological polar surface area (TPSA) is 82.2 Å². The van der Waals surface area contributed by atoms with Crippen LogP contribution in [0.15, 0.2) is 36.5 Å². The van der Waals surface area contributed by atoms with Gasteiger partial charge in [-0.05, 0) is 31.2 Å². The Bertz CT molecular complexity index is 562. The zero-order valence-corrected chi connectivity index (χ0v) is 10.8. The normalized spacial score (nSPS) is 12.1. The number of rotatable bonds is 4. The van der Waals surface area contributed by atoms with Crippen LogP contribution in [-0.4, -0.2) is 28.9 Å². The molecule has 1 aromatic heterocycles. The number of nitrogens with two attached hydrogens (primary N) is 1. The molecule has 19 heavy (non-hydrogen) atoms. The number of nitrogen functional groups attached to an aromatic ring is 1. The number of aromatic nitrogens is 2. The van der Waals surface area contributed by atoms with Gasteiger partial charge in [-0.1, -0.05) is 0 Å². The van der Waals surface area contributed by atoms with E-state index in [0.717, 1.165) is 5.69 Å². The van der Waals surface area contributed by atoms with Gasteiger partial charge in [0.05, 0.1) is 11.9 Å². The Labute approximate surface area is 111 Å². The number of anilines is 2. The van der Waals surface area contributed by atoms with Crippen molar-refractivity contribution in [2.45, 2.75) is 13.0 Å². The number of hydrogen-bond acceptors (Lipinski definition) is 4. The number of carbonyl (C=O) groups is 1. The van der Waals surface area contributed by atoms with E-state index in [0.29, 0.717) is 11.5 Å². The molecule has 1 heterocycles. The van der Waals surface area contributed by atoms with Crippen molar-refractivity contribution in [3.63, 3.8) is 0 Å². The highest BCUT2D eigenvalue weighted by Crippen LogP contribution is 2.16. The van der Waals surface area contributed by atoms with Gasteiger partial charge < -0.3 is 15.8 Å². The van der Waals surface area contributed by atoms with Crippen molar-refractivity contribution in [3.05, 3.63) is 36.5 Å². The van der Waals surface area contributed by atoms with Crippen LogP contribution in [0.3, 0.4) is 0 Å². The zero-order chi connectivity index (χ0) is 13.8. The maximum atomic E-state index is 11.8. The van der Waals surface area contributed by atoms with Crippen LogP contribution in [0.4, 0.5) is 11.5 Å². The number of amides is 1. The van der Waals surface area contributed by atoms with E-state index in [4.69, 9.17) is 10.5 Å². The maximum Gasteiger partial charge on any atom is 0.254 e. The fourth-order valence-corrected chi connectivity index (χ4v) is 1.55. The molecule has 0 spiro atoms. The summed E-state index contributed by atoms with van der Waals surface area (Å²) in [6, 6.07) is 8.94. The number of hydrogen-bond donors (Lipinski definition) is 2. The minimum atomic E-state index is -0.519. The summed E-state index contributed by atoms with van der Waals surface area (Å²) in [4.78, 5) is 11.8. The first-order valence-corrected chi connectivity index (χ1v) is 5.85. The lowest BCUT2D eigenvalue weighted by Gasteiger charge is -2.12. The van der Waals surface area contributed by atoms with Crippen molar-refractivity contribution >= 4 is 17.4 Å². The highest BCUT2D eigenvalue weighted by molar-refractivity contribution is 5.93. The van der Waals surface area contributed by atoms with Crippen molar-refractivity contribution in [2.24, 2.45) is 0 Å². The van der Waals surface area contributed by atoms with E-state index in [-0.39, 0.29) is 5.91 Å². The van der Waals surface area contributed by atoms with Gasteiger partial charge in [0.2, 0.25) is 0 Å². The third-order valence-electron chi connectivity index (χ3n) is 2.75. The van der Waals surface area contributed by atoms with Crippen molar-refractivity contribution in [3.8, 4) is 5.69 Å². The summed E-state index contributed by atoms with van der Waals surface area (Å²) in [5.41, 5.74) is 7.14. The van der Waals surface area contributed by atoms with Gasteiger partial charge in [0, 0.05) is 18.9 Å². The molecule has 0 saturated heterocycles. The van der Waals surface area contributed by atoms with E-state index in [1.165, 1.54) is 7.11 Å². The van der Waals surface area contributed by atoms with Crippen molar-refractivity contribution < 1.29 is 9.53 Å². The fraction of sp³-hybridized carbons (Fsp3) is 0.231. The van der Waals surface area contributed by atoms with Crippen LogP contribution >= 0.6 is 0 Å². The number of carbonyl (C=O) groups excluding carboxylic acids is 1. The second-order valence-electron chi connectivity index (χ2n) is 4.09. The van der Waals surface area contributed by atoms with Crippen LogP contribution in [0.25, 0.3) is 5.69 Å². The Hall–Kier alpha value is -2.34. The van der Waals surface area contributed by atoms with E-state index in [2.05, 4.69) is 10.4 Å². The Kier molecular flexibility index (Phi) is 3.82. The van der Waals surface area contributed by atoms with Gasteiger partial charge in [-0.2, -0.15) is 5.10 Å². The predicted octanol–water partition coefficient (Wildman–Crippen LogP) is 1.43. The molecule has 0 fully saturated rings. The summed E-state index contributed by atoms with van der Waals surface area (Å²) >= 11 is 0. The molecule has 6 nitrogen and oxygen atoms in total. The molecule has 1 atom stereocenters. The highest BCUT2D eigenvalue weighted by Gasteiger charge is 2.14. The molecule has 0 bridgehead atoms. The van der Waals surface area contributed by atoms with Crippen molar-refractivity contribution in [1.82, 2.24) is 9.78 Å². The number of methoxy groups -OCH3 is 1. The Balaban J connectivity index is 2.23. The average molecular weight is 260 g/mol. The van der Waals surface area contributed by atoms with Gasteiger partial charge in [-0.3, -0.25) is 4.79 Å². The van der Waals surface area contributed by atoms with Gasteiger partial charge in [-0.15, -0.1) is 0 Å². The molecular weight excluding hydrogens is 244 g/mol. The van der Waals surface area contributed by atoms with Gasteiger partial charge in [0.15, 0.2) is 0 Å². The Morgan fingerprint density at radius 3 is 2.68 bits per heavy atom. The largest absolute Gasteiger partial charge is 0.399 e. The molecule has 1 aromatic carbocycles. The minimum Gasteiger partial charge on any atom is -0.399 e. The second-order valence-corrected chi connectivity index (χ2v) is 4.09. The van der Waals surface area contributed by atoms with E-state index in [9.17, 15) is 4.79 Å². The molecule has 0 radical (unpaired) electrons. The SMILES string of the molecule is COC(C)C(=O)Nc1ccnn1-c1ccc(N)cc1. The second kappa shape index (κ2) is 5.53. The van der Waals surface area contributed by atoms with E-state index >= 15 is 0 Å². The minimum absolute atomic E-state index is 0.223. The lowest BCUT2D eigenvalue weighted by Crippen LogP contribution is -2.27. The molecule has 6 heteroatoms. The Morgan fingerprint density at radius 2 is 2.05 bits per heavy atom. The molecule has 2 rings (SSSR count). The monoisotopic (exact) mass is 260 g/mol. The predicted molar refractivity (Wildman–Crippen MR) is 73.1 cm³/mol. The third-order valence-corrected chi connectivity index (χ3v) is 2.75. The summed E-state index contributed by atoms with van der Waals surface area (Å²) < 4.78 is 6.59. The third kappa shape index (κ3) is 2.92. The van der Waals surface area contributed by atoms with Crippen LogP contribution in [0, 0.1) is 0 Å². The lowest BCUT2D eigenvalue weighted by molar-refractivity contribution is -0.124. The number of nitrogens with zero attached hydrogens (tertiary/aromatic N) is 2. The quantitative estimate of drug-likeness (QED) is 0.815. The number of benzene rings is 1. The van der Waals surface area contributed by atoms with Crippen LogP contribution in [0.1, 0.15) is 6.92 Å². The van der Waals surface area contributed by atoms with E-state index < -0.39 is 6.10 Å². The summed E-state index contributed by atoms with van der Waals surface area (Å²) in [5.74, 6) is 0.360. The zero-order valence-electron chi connectivity index (χ0n) is 10.8. The summed E-state index contributed by atoms with van der Waals surface area (Å²) in [6.45, 7) is 1.68. The van der Waals surface area contributed by atoms with Gasteiger partial charge in [0.25, 0.3) is 5.91 Å². The number of ether oxygens (including phenoxy) is 1. The van der Waals surface area contributed by atoms with Crippen LogP contribution in [0.5, 0.6) is 0 Å². The van der Waals surface area contributed by atoms with Gasteiger partial charge in [-0.25, -0.2) is 4.68 Å². The first-order valence-electron chi connectivity index (χ1n) is 5.85. The smallest absolute Gasteiger partial charge is 0.254 e. The van der Waals surface area contributed by atoms with Crippen molar-refractivity contribution in [1.29, 1.82) is 0 Å². The van der Waals surface area contributed by atoms with Crippen LogP contribution in [0.2, 0.25) is 0 Å². The maximum absolute atomic E-state index is 11.8. The van der Waals surface area contributed by atoms with E-state index in [1.54, 1.807) is 36.0 Å². The molecule has 1 amide bonds. The Morgan fingerprint density at radius 1 is 1.37 bits per heavy atom. The van der Waals surface area contributed by atoms with Crippen LogP contribution < -0.4 is 11.1 Å². The molecule has 0 aliphatic carbocycles. The average Bonchev–Trinajstić information content (AvgIpc) is 2.86. The molecule has 100 valence electrons. The first kappa shape index (κ1) is 13.1. The molecule has 0 saturated carbocycles. The van der Waals surface area contributed by atoms with Gasteiger partial charge >= 0.3 is 0 Å². The summed E-state index contributed by atoms with van der Waals surface area (Å²) in [5, 5.41) is 6.93. The summed E-state index contributed by atoms with van der Waals surface area (Å²) in [6.07, 6.45) is 1.10. The number of nitrogens with one attached hydrogen (secondary N) is 1. The van der Waals surface area contributed by atoms with Crippen molar-refractivity contribution in [2.75, 3.05) is 18.2 Å². The van der Waals surface area contributed by atoms with Crippen LogP contribution in [-0.2, 0) is 9.53 Å². The molecular formula is C13H16N4O2. The summed E-state index contributed by atoms with van der Waals surface area (Å²) in [7, 11) is 1.49.